The average molecular weight is 687 g/mol. The number of ether oxygens (including phenoxy) is 2. The number of hydrogen-bond acceptors (Lipinski definition) is 6. The van der Waals surface area contributed by atoms with E-state index in [1.807, 2.05) is 0 Å². The van der Waals surface area contributed by atoms with Crippen LogP contribution in [0.2, 0.25) is 0 Å². The van der Waals surface area contributed by atoms with Gasteiger partial charge < -0.3 is 19.3 Å². The van der Waals surface area contributed by atoms with Crippen molar-refractivity contribution in [2.75, 3.05) is 13.2 Å². The molecule has 0 aromatic heterocycles. The molecule has 0 aliphatic rings. The number of rotatable bonds is 35. The van der Waals surface area contributed by atoms with Gasteiger partial charge in [0.15, 0.2) is 6.10 Å². The fourth-order valence-corrected chi connectivity index (χ4v) is 5.69. The van der Waals surface area contributed by atoms with Crippen molar-refractivity contribution in [3.05, 3.63) is 24.3 Å². The summed E-state index contributed by atoms with van der Waals surface area (Å²) in [4.78, 5) is 42.7. The Kier molecular flexibility index (Phi) is 33.3. The molecule has 0 aromatic carbocycles. The lowest BCUT2D eigenvalue weighted by molar-refractivity contribution is -0.161. The van der Waals surface area contributed by atoms with E-state index in [4.69, 9.17) is 19.3 Å². The number of unbranched alkanes of at least 4 members (excludes halogenated alkanes) is 21. The number of esters is 2. The largest absolute Gasteiger partial charge is 0.469 e. The number of allylic oxidation sites excluding steroid dienone is 4. The summed E-state index contributed by atoms with van der Waals surface area (Å²) in [7, 11) is -4.75. The van der Waals surface area contributed by atoms with Crippen LogP contribution in [0.1, 0.15) is 187 Å². The Bertz CT molecular complexity index is 823. The van der Waals surface area contributed by atoms with Gasteiger partial charge in [-0.1, -0.05) is 160 Å². The van der Waals surface area contributed by atoms with E-state index >= 15 is 0 Å². The zero-order valence-electron chi connectivity index (χ0n) is 30.2. The van der Waals surface area contributed by atoms with Gasteiger partial charge in [0, 0.05) is 12.8 Å². The summed E-state index contributed by atoms with van der Waals surface area (Å²) in [6.45, 7) is 3.63. The van der Waals surface area contributed by atoms with Crippen molar-refractivity contribution in [3.8, 4) is 0 Å². The SMILES string of the molecule is CCCC/C=C\C/C=C\CCCCCCCC(=O)OC(COC(=O)CCCCCCCCCCCCCCCCC)COP(=O)(O)O. The lowest BCUT2D eigenvalue weighted by Gasteiger charge is -2.18. The fourth-order valence-electron chi connectivity index (χ4n) is 5.33. The minimum Gasteiger partial charge on any atom is -0.462 e. The van der Waals surface area contributed by atoms with Gasteiger partial charge in [0.1, 0.15) is 6.61 Å². The molecule has 0 aromatic rings. The summed E-state index contributed by atoms with van der Waals surface area (Å²) < 4.78 is 26.3. The molecule has 0 bridgehead atoms. The highest BCUT2D eigenvalue weighted by Gasteiger charge is 2.22. The maximum absolute atomic E-state index is 12.3. The van der Waals surface area contributed by atoms with E-state index < -0.39 is 32.5 Å². The predicted octanol–water partition coefficient (Wildman–Crippen LogP) is 11.2. The van der Waals surface area contributed by atoms with E-state index in [9.17, 15) is 14.2 Å². The molecule has 0 radical (unpaired) electrons. The third-order valence-corrected chi connectivity index (χ3v) is 8.71. The normalized spacial score (nSPS) is 12.7. The number of hydrogen-bond donors (Lipinski definition) is 2. The highest BCUT2D eigenvalue weighted by Crippen LogP contribution is 2.36. The quantitative estimate of drug-likeness (QED) is 0.0292. The van der Waals surface area contributed by atoms with Crippen LogP contribution in [0.15, 0.2) is 24.3 Å². The predicted molar refractivity (Wildman–Crippen MR) is 193 cm³/mol. The first-order valence-electron chi connectivity index (χ1n) is 19.1. The van der Waals surface area contributed by atoms with Gasteiger partial charge in [0.25, 0.3) is 0 Å². The number of phosphoric acid groups is 1. The second-order valence-electron chi connectivity index (χ2n) is 12.9. The van der Waals surface area contributed by atoms with Gasteiger partial charge in [-0.05, 0) is 38.5 Å². The maximum Gasteiger partial charge on any atom is 0.469 e. The van der Waals surface area contributed by atoms with Crippen molar-refractivity contribution in [3.63, 3.8) is 0 Å². The molecule has 9 heteroatoms. The summed E-state index contributed by atoms with van der Waals surface area (Å²) in [5.41, 5.74) is 0. The Balaban J connectivity index is 3.96. The molecule has 47 heavy (non-hydrogen) atoms. The molecule has 0 spiro atoms. The number of carbonyl (C=O) groups excluding carboxylic acids is 2. The molecule has 0 aliphatic carbocycles. The topological polar surface area (TPSA) is 119 Å². The van der Waals surface area contributed by atoms with Gasteiger partial charge in [-0.15, -0.1) is 0 Å². The smallest absolute Gasteiger partial charge is 0.462 e. The first kappa shape index (κ1) is 45.5. The van der Waals surface area contributed by atoms with Crippen LogP contribution in [0.5, 0.6) is 0 Å². The van der Waals surface area contributed by atoms with Gasteiger partial charge in [0.05, 0.1) is 6.61 Å². The molecular weight excluding hydrogens is 615 g/mol. The summed E-state index contributed by atoms with van der Waals surface area (Å²) in [5, 5.41) is 0. The summed E-state index contributed by atoms with van der Waals surface area (Å²) in [6, 6.07) is 0. The van der Waals surface area contributed by atoms with Crippen LogP contribution in [0.25, 0.3) is 0 Å². The fraction of sp³-hybridized carbons (Fsp3) is 0.842. The summed E-state index contributed by atoms with van der Waals surface area (Å²) in [5.74, 6) is -0.895. The molecular formula is C38H71O8P. The van der Waals surface area contributed by atoms with Crippen LogP contribution >= 0.6 is 7.82 Å². The van der Waals surface area contributed by atoms with Gasteiger partial charge >= 0.3 is 19.8 Å². The second-order valence-corrected chi connectivity index (χ2v) is 14.1. The Morgan fingerprint density at radius 3 is 1.47 bits per heavy atom. The van der Waals surface area contributed by atoms with Crippen molar-refractivity contribution >= 4 is 19.8 Å². The molecule has 1 unspecified atom stereocenters. The maximum atomic E-state index is 12.3. The molecule has 2 N–H and O–H groups in total. The molecule has 0 rings (SSSR count). The van der Waals surface area contributed by atoms with E-state index in [0.29, 0.717) is 6.42 Å². The molecule has 0 saturated carbocycles. The van der Waals surface area contributed by atoms with Crippen LogP contribution in [-0.2, 0) is 28.2 Å². The van der Waals surface area contributed by atoms with Crippen LogP contribution in [0.3, 0.4) is 0 Å². The molecule has 276 valence electrons. The zero-order valence-corrected chi connectivity index (χ0v) is 31.1. The first-order chi connectivity index (χ1) is 22.8. The Hall–Kier alpha value is -1.47. The molecule has 8 nitrogen and oxygen atoms in total. The zero-order chi connectivity index (χ0) is 34.7. The van der Waals surface area contributed by atoms with Crippen molar-refractivity contribution in [1.82, 2.24) is 0 Å². The molecule has 0 aliphatic heterocycles. The van der Waals surface area contributed by atoms with Crippen LogP contribution in [0.4, 0.5) is 0 Å². The summed E-state index contributed by atoms with van der Waals surface area (Å²) >= 11 is 0. The minimum absolute atomic E-state index is 0.198. The van der Waals surface area contributed by atoms with Crippen molar-refractivity contribution < 1.29 is 37.9 Å². The average Bonchev–Trinajstić information content (AvgIpc) is 3.03. The van der Waals surface area contributed by atoms with E-state index in [2.05, 4.69) is 42.7 Å². The molecule has 0 heterocycles. The molecule has 1 atom stereocenters. The first-order valence-corrected chi connectivity index (χ1v) is 20.7. The Labute approximate surface area is 288 Å². The Morgan fingerprint density at radius 2 is 0.979 bits per heavy atom. The van der Waals surface area contributed by atoms with E-state index in [-0.39, 0.29) is 19.4 Å². The van der Waals surface area contributed by atoms with Crippen LogP contribution in [0, 0.1) is 0 Å². The molecule has 0 saturated heterocycles. The van der Waals surface area contributed by atoms with E-state index in [0.717, 1.165) is 64.2 Å². The van der Waals surface area contributed by atoms with Crippen LogP contribution in [-0.4, -0.2) is 41.0 Å². The summed E-state index contributed by atoms with van der Waals surface area (Å²) in [6.07, 6.45) is 37.5. The van der Waals surface area contributed by atoms with Gasteiger partial charge in [0.2, 0.25) is 0 Å². The van der Waals surface area contributed by atoms with Crippen molar-refractivity contribution in [2.24, 2.45) is 0 Å². The van der Waals surface area contributed by atoms with Crippen molar-refractivity contribution in [2.45, 2.75) is 193 Å². The van der Waals surface area contributed by atoms with Crippen molar-refractivity contribution in [1.29, 1.82) is 0 Å². The third kappa shape index (κ3) is 37.2. The van der Waals surface area contributed by atoms with Gasteiger partial charge in [-0.25, -0.2) is 4.57 Å². The molecule has 0 amide bonds. The third-order valence-electron chi connectivity index (χ3n) is 8.22. The standard InChI is InChI=1S/C38H71O8P/c1-3-5-7-9-11-13-15-17-19-21-22-24-26-28-30-32-37(39)44-34-36(35-45-47(41,42)43)46-38(40)33-31-29-27-25-23-20-18-16-14-12-10-8-6-4-2/h10,12,16,18,36H,3-9,11,13-15,17,19-35H2,1-2H3,(H2,41,42,43)/b12-10-,18-16-. The van der Waals surface area contributed by atoms with E-state index in [1.54, 1.807) is 0 Å². The monoisotopic (exact) mass is 686 g/mol. The Morgan fingerprint density at radius 1 is 0.553 bits per heavy atom. The number of phosphoric ester groups is 1. The highest BCUT2D eigenvalue weighted by molar-refractivity contribution is 7.46. The van der Waals surface area contributed by atoms with Gasteiger partial charge in [-0.3, -0.25) is 14.1 Å². The minimum atomic E-state index is -4.75. The second kappa shape index (κ2) is 34.4. The lowest BCUT2D eigenvalue weighted by Crippen LogP contribution is -2.29. The van der Waals surface area contributed by atoms with Crippen LogP contribution < -0.4 is 0 Å². The molecule has 0 fully saturated rings. The van der Waals surface area contributed by atoms with Gasteiger partial charge in [-0.2, -0.15) is 0 Å². The lowest BCUT2D eigenvalue weighted by atomic mass is 10.0. The van der Waals surface area contributed by atoms with E-state index in [1.165, 1.54) is 89.9 Å². The number of carbonyl (C=O) groups is 2. The highest BCUT2D eigenvalue weighted by atomic mass is 31.2.